The van der Waals surface area contributed by atoms with E-state index in [0.29, 0.717) is 5.92 Å². The van der Waals surface area contributed by atoms with Crippen LogP contribution in [0.5, 0.6) is 0 Å². The third-order valence-corrected chi connectivity index (χ3v) is 3.86. The molecule has 0 aromatic heterocycles. The van der Waals surface area contributed by atoms with Gasteiger partial charge in [-0.3, -0.25) is 4.79 Å². The molecule has 0 aliphatic carbocycles. The molecule has 1 N–H and O–H groups in total. The molecule has 4 heteroatoms. The van der Waals surface area contributed by atoms with Crippen molar-refractivity contribution in [2.45, 2.75) is 19.4 Å². The zero-order valence-electron chi connectivity index (χ0n) is 12.4. The number of aliphatic hydroxyl groups excluding tert-OH is 1. The van der Waals surface area contributed by atoms with E-state index in [4.69, 9.17) is 5.11 Å². The van der Waals surface area contributed by atoms with Crippen molar-refractivity contribution in [1.29, 1.82) is 0 Å². The van der Waals surface area contributed by atoms with Gasteiger partial charge in [0.15, 0.2) is 0 Å². The van der Waals surface area contributed by atoms with E-state index in [0.717, 1.165) is 38.0 Å². The average molecular weight is 276 g/mol. The fourth-order valence-corrected chi connectivity index (χ4v) is 2.62. The van der Waals surface area contributed by atoms with Crippen LogP contribution in [-0.2, 0) is 6.54 Å². The third-order valence-electron chi connectivity index (χ3n) is 3.86. The maximum Gasteiger partial charge on any atom is 0.253 e. The van der Waals surface area contributed by atoms with Crippen LogP contribution in [0.15, 0.2) is 24.3 Å². The molecule has 1 aromatic rings. The second-order valence-electron chi connectivity index (χ2n) is 5.85. The molecule has 1 aromatic carbocycles. The third kappa shape index (κ3) is 3.81. The van der Waals surface area contributed by atoms with E-state index >= 15 is 0 Å². The van der Waals surface area contributed by atoms with E-state index in [-0.39, 0.29) is 12.5 Å². The number of hydrogen-bond donors (Lipinski definition) is 1. The van der Waals surface area contributed by atoms with E-state index in [2.05, 4.69) is 4.90 Å². The Morgan fingerprint density at radius 2 is 1.85 bits per heavy atom. The highest BCUT2D eigenvalue weighted by molar-refractivity contribution is 5.94. The number of likely N-dealkylation sites (tertiary alicyclic amines) is 1. The van der Waals surface area contributed by atoms with Crippen LogP contribution < -0.4 is 0 Å². The van der Waals surface area contributed by atoms with E-state index in [9.17, 15) is 4.79 Å². The van der Waals surface area contributed by atoms with Gasteiger partial charge in [0, 0.05) is 31.8 Å². The first-order valence-corrected chi connectivity index (χ1v) is 7.24. The quantitative estimate of drug-likeness (QED) is 0.908. The summed E-state index contributed by atoms with van der Waals surface area (Å²) in [5.74, 6) is 0.472. The summed E-state index contributed by atoms with van der Waals surface area (Å²) in [6.07, 6.45) is 1.81. The molecule has 0 atom stereocenters. The number of hydrogen-bond acceptors (Lipinski definition) is 3. The Hall–Kier alpha value is -1.39. The van der Waals surface area contributed by atoms with Crippen LogP contribution in [0.2, 0.25) is 0 Å². The van der Waals surface area contributed by atoms with Crippen LogP contribution in [0.4, 0.5) is 0 Å². The van der Waals surface area contributed by atoms with Gasteiger partial charge in [-0.05, 0) is 50.6 Å². The van der Waals surface area contributed by atoms with Gasteiger partial charge in [-0.1, -0.05) is 12.1 Å². The maximum absolute atomic E-state index is 12.4. The van der Waals surface area contributed by atoms with Gasteiger partial charge in [0.1, 0.15) is 0 Å². The van der Waals surface area contributed by atoms with Gasteiger partial charge < -0.3 is 14.9 Å². The summed E-state index contributed by atoms with van der Waals surface area (Å²) in [6, 6.07) is 7.88. The van der Waals surface area contributed by atoms with Crippen molar-refractivity contribution in [3.05, 3.63) is 35.4 Å². The molecule has 0 saturated carbocycles. The second-order valence-corrected chi connectivity index (χ2v) is 5.85. The molecule has 1 amide bonds. The van der Waals surface area contributed by atoms with E-state index in [1.165, 1.54) is 5.56 Å². The normalized spacial score (nSPS) is 16.7. The van der Waals surface area contributed by atoms with E-state index in [1.807, 2.05) is 43.3 Å². The minimum atomic E-state index is 0.109. The first-order chi connectivity index (χ1) is 9.60. The van der Waals surface area contributed by atoms with Crippen molar-refractivity contribution >= 4 is 5.91 Å². The van der Waals surface area contributed by atoms with Crippen LogP contribution in [0.25, 0.3) is 0 Å². The molecular weight excluding hydrogens is 252 g/mol. The summed E-state index contributed by atoms with van der Waals surface area (Å²) < 4.78 is 0. The first kappa shape index (κ1) is 15.0. The zero-order chi connectivity index (χ0) is 14.5. The second kappa shape index (κ2) is 6.86. The van der Waals surface area contributed by atoms with Gasteiger partial charge in [-0.15, -0.1) is 0 Å². The van der Waals surface area contributed by atoms with Crippen LogP contribution >= 0.6 is 0 Å². The lowest BCUT2D eigenvalue weighted by atomic mass is 9.97. The largest absolute Gasteiger partial charge is 0.396 e. The lowest BCUT2D eigenvalue weighted by Crippen LogP contribution is -2.39. The number of nitrogens with zero attached hydrogens (tertiary/aromatic N) is 2. The van der Waals surface area contributed by atoms with E-state index in [1.54, 1.807) is 0 Å². The van der Waals surface area contributed by atoms with Crippen molar-refractivity contribution in [2.24, 2.45) is 5.92 Å². The molecule has 1 fully saturated rings. The lowest BCUT2D eigenvalue weighted by Gasteiger charge is -2.31. The summed E-state index contributed by atoms with van der Waals surface area (Å²) in [5.41, 5.74) is 1.97. The highest BCUT2D eigenvalue weighted by Crippen LogP contribution is 2.18. The number of piperidine rings is 1. The fourth-order valence-electron chi connectivity index (χ4n) is 2.62. The molecule has 110 valence electrons. The molecule has 20 heavy (non-hydrogen) atoms. The molecule has 2 rings (SSSR count). The summed E-state index contributed by atoms with van der Waals surface area (Å²) in [4.78, 5) is 16.4. The Morgan fingerprint density at radius 3 is 2.35 bits per heavy atom. The Kier molecular flexibility index (Phi) is 5.15. The predicted octanol–water partition coefficient (Wildman–Crippen LogP) is 1.59. The topological polar surface area (TPSA) is 43.8 Å². The van der Waals surface area contributed by atoms with Gasteiger partial charge in [-0.25, -0.2) is 0 Å². The van der Waals surface area contributed by atoms with Gasteiger partial charge in [-0.2, -0.15) is 0 Å². The van der Waals surface area contributed by atoms with Crippen LogP contribution in [0.3, 0.4) is 0 Å². The smallest absolute Gasteiger partial charge is 0.253 e. The Bertz CT molecular complexity index is 434. The van der Waals surface area contributed by atoms with E-state index < -0.39 is 0 Å². The minimum Gasteiger partial charge on any atom is -0.396 e. The number of rotatable bonds is 4. The summed E-state index contributed by atoms with van der Waals surface area (Å²) in [5, 5.41) is 9.13. The number of carbonyl (C=O) groups is 1. The molecule has 0 bridgehead atoms. The van der Waals surface area contributed by atoms with Crippen molar-refractivity contribution < 1.29 is 9.90 Å². The first-order valence-electron chi connectivity index (χ1n) is 7.24. The van der Waals surface area contributed by atoms with Gasteiger partial charge in [0.05, 0.1) is 0 Å². The van der Waals surface area contributed by atoms with Crippen LogP contribution in [0, 0.1) is 5.92 Å². The van der Waals surface area contributed by atoms with Crippen molar-refractivity contribution in [3.8, 4) is 0 Å². The molecule has 1 aliphatic heterocycles. The van der Waals surface area contributed by atoms with Crippen LogP contribution in [0.1, 0.15) is 28.8 Å². The van der Waals surface area contributed by atoms with Gasteiger partial charge >= 0.3 is 0 Å². The maximum atomic E-state index is 12.4. The summed E-state index contributed by atoms with van der Waals surface area (Å²) in [7, 11) is 4.06. The predicted molar refractivity (Wildman–Crippen MR) is 79.5 cm³/mol. The molecular formula is C16H24N2O2. The van der Waals surface area contributed by atoms with Gasteiger partial charge in [0.25, 0.3) is 5.91 Å². The minimum absolute atomic E-state index is 0.109. The highest BCUT2D eigenvalue weighted by atomic mass is 16.3. The highest BCUT2D eigenvalue weighted by Gasteiger charge is 2.22. The SMILES string of the molecule is CN(C)Cc1ccc(C(=O)N2CCC(CO)CC2)cc1. The van der Waals surface area contributed by atoms with Crippen molar-refractivity contribution in [3.63, 3.8) is 0 Å². The molecule has 0 spiro atoms. The Labute approximate surface area is 121 Å². The molecule has 4 nitrogen and oxygen atoms in total. The van der Waals surface area contributed by atoms with Crippen molar-refractivity contribution in [2.75, 3.05) is 33.8 Å². The Balaban J connectivity index is 1.95. The van der Waals surface area contributed by atoms with Crippen molar-refractivity contribution in [1.82, 2.24) is 9.80 Å². The van der Waals surface area contributed by atoms with Crippen LogP contribution in [-0.4, -0.2) is 54.6 Å². The number of amides is 1. The molecule has 1 heterocycles. The zero-order valence-corrected chi connectivity index (χ0v) is 12.4. The molecule has 1 saturated heterocycles. The van der Waals surface area contributed by atoms with Gasteiger partial charge in [0.2, 0.25) is 0 Å². The molecule has 1 aliphatic rings. The Morgan fingerprint density at radius 1 is 1.25 bits per heavy atom. The average Bonchev–Trinajstić information content (AvgIpc) is 2.47. The number of aliphatic hydroxyl groups is 1. The summed E-state index contributed by atoms with van der Waals surface area (Å²) in [6.45, 7) is 2.63. The summed E-state index contributed by atoms with van der Waals surface area (Å²) >= 11 is 0. The number of benzene rings is 1. The lowest BCUT2D eigenvalue weighted by molar-refractivity contribution is 0.0651. The standard InChI is InChI=1S/C16H24N2O2/c1-17(2)11-13-3-5-15(6-4-13)16(20)18-9-7-14(12-19)8-10-18/h3-6,14,19H,7-12H2,1-2H3. The fraction of sp³-hybridized carbons (Fsp3) is 0.562. The number of carbonyl (C=O) groups excluding carboxylic acids is 1. The molecule has 0 unspecified atom stereocenters. The monoisotopic (exact) mass is 276 g/mol. The molecule has 0 radical (unpaired) electrons.